The van der Waals surface area contributed by atoms with Crippen molar-refractivity contribution in [3.63, 3.8) is 0 Å². The number of amidine groups is 1. The van der Waals surface area contributed by atoms with Crippen molar-refractivity contribution in [2.75, 3.05) is 17.6 Å². The van der Waals surface area contributed by atoms with E-state index < -0.39 is 12.5 Å². The second kappa shape index (κ2) is 8.82. The number of amides is 2. The van der Waals surface area contributed by atoms with E-state index in [-0.39, 0.29) is 17.1 Å². The van der Waals surface area contributed by atoms with Crippen molar-refractivity contribution in [3.05, 3.63) is 35.5 Å². The van der Waals surface area contributed by atoms with Crippen molar-refractivity contribution in [3.8, 4) is 0 Å². The topological polar surface area (TPSA) is 139 Å². The molecular formula is C13H14F2N6O3S. The van der Waals surface area contributed by atoms with Crippen molar-refractivity contribution in [2.45, 2.75) is 11.5 Å². The Morgan fingerprint density at radius 3 is 2.68 bits per heavy atom. The van der Waals surface area contributed by atoms with Crippen LogP contribution in [0.4, 0.5) is 19.3 Å². The first kappa shape index (κ1) is 18.4. The summed E-state index contributed by atoms with van der Waals surface area (Å²) in [5.74, 6) is 0.350. The van der Waals surface area contributed by atoms with E-state index in [0.717, 1.165) is 0 Å². The van der Waals surface area contributed by atoms with E-state index in [1.807, 2.05) is 0 Å². The van der Waals surface area contributed by atoms with Gasteiger partial charge in [0.25, 0.3) is 6.43 Å². The number of carbonyl (C=O) groups excluding carboxylic acids is 1. The number of nitrogens with zero attached hydrogens (tertiary/aromatic N) is 3. The van der Waals surface area contributed by atoms with Crippen LogP contribution in [0.5, 0.6) is 0 Å². The number of oxime groups is 1. The number of hydrogen-bond acceptors (Lipinski definition) is 7. The molecule has 0 atom stereocenters. The second-order valence-corrected chi connectivity index (χ2v) is 5.64. The molecule has 2 aromatic rings. The molecule has 1 heterocycles. The SMILES string of the molecule is NC(=O)NCCSc1nonc1/C(=N\O)Nc1ccc(C(F)F)cc1. The highest BCUT2D eigenvalue weighted by Gasteiger charge is 2.18. The van der Waals surface area contributed by atoms with Gasteiger partial charge in [-0.1, -0.05) is 29.1 Å². The van der Waals surface area contributed by atoms with Crippen LogP contribution in [0, 0.1) is 0 Å². The summed E-state index contributed by atoms with van der Waals surface area (Å²) >= 11 is 1.19. The van der Waals surface area contributed by atoms with Crippen LogP contribution in [0.25, 0.3) is 0 Å². The Kier molecular flexibility index (Phi) is 6.51. The number of nitrogens with two attached hydrogens (primary N) is 1. The highest BCUT2D eigenvalue weighted by molar-refractivity contribution is 7.99. The highest BCUT2D eigenvalue weighted by atomic mass is 32.2. The van der Waals surface area contributed by atoms with Crippen LogP contribution in [-0.2, 0) is 0 Å². The number of rotatable bonds is 7. The first-order chi connectivity index (χ1) is 12.0. The van der Waals surface area contributed by atoms with Gasteiger partial charge in [0, 0.05) is 23.5 Å². The first-order valence-electron chi connectivity index (χ1n) is 6.87. The quantitative estimate of drug-likeness (QED) is 0.146. The Morgan fingerprint density at radius 1 is 1.36 bits per heavy atom. The standard InChI is InChI=1S/C13H14F2N6O3S/c14-10(15)7-1-3-8(4-2-7)18-11(19-23)9-12(21-24-20-9)25-6-5-17-13(16)22/h1-4,10,23H,5-6H2,(H,18,19)(H3,16,17,22). The van der Waals surface area contributed by atoms with Crippen molar-refractivity contribution in [1.29, 1.82) is 0 Å². The molecule has 0 aliphatic rings. The zero-order valence-electron chi connectivity index (χ0n) is 12.6. The van der Waals surface area contributed by atoms with Crippen LogP contribution in [0.15, 0.2) is 39.1 Å². The smallest absolute Gasteiger partial charge is 0.312 e. The lowest BCUT2D eigenvalue weighted by molar-refractivity contribution is 0.151. The van der Waals surface area contributed by atoms with Crippen LogP contribution < -0.4 is 16.4 Å². The minimum absolute atomic E-state index is 0.0728. The Balaban J connectivity index is 2.03. The lowest BCUT2D eigenvalue weighted by Crippen LogP contribution is -2.31. The van der Waals surface area contributed by atoms with Crippen LogP contribution >= 0.6 is 11.8 Å². The summed E-state index contributed by atoms with van der Waals surface area (Å²) < 4.78 is 29.7. The summed E-state index contributed by atoms with van der Waals surface area (Å²) in [6, 6.07) is 4.65. The Labute approximate surface area is 144 Å². The third-order valence-electron chi connectivity index (χ3n) is 2.85. The number of alkyl halides is 2. The number of aromatic nitrogens is 2. The summed E-state index contributed by atoms with van der Waals surface area (Å²) in [6.45, 7) is 0.292. The molecule has 9 nitrogen and oxygen atoms in total. The molecule has 0 fully saturated rings. The molecule has 0 bridgehead atoms. The van der Waals surface area contributed by atoms with Crippen LogP contribution in [0.2, 0.25) is 0 Å². The van der Waals surface area contributed by atoms with Gasteiger partial charge in [-0.15, -0.1) is 0 Å². The maximum absolute atomic E-state index is 12.5. The van der Waals surface area contributed by atoms with Gasteiger partial charge in [-0.25, -0.2) is 18.2 Å². The van der Waals surface area contributed by atoms with Crippen molar-refractivity contribution < 1.29 is 23.4 Å². The molecular weight excluding hydrogens is 358 g/mol. The fraction of sp³-hybridized carbons (Fsp3) is 0.231. The molecule has 0 radical (unpaired) electrons. The molecule has 0 saturated carbocycles. The summed E-state index contributed by atoms with van der Waals surface area (Å²) in [6.07, 6.45) is -2.57. The molecule has 2 amide bonds. The fourth-order valence-corrected chi connectivity index (χ4v) is 2.48. The van der Waals surface area contributed by atoms with E-state index in [1.54, 1.807) is 0 Å². The fourth-order valence-electron chi connectivity index (χ4n) is 1.72. The van der Waals surface area contributed by atoms with E-state index in [1.165, 1.54) is 36.0 Å². The van der Waals surface area contributed by atoms with Gasteiger partial charge in [0.15, 0.2) is 10.7 Å². The molecule has 0 aliphatic carbocycles. The minimum atomic E-state index is -2.57. The molecule has 1 aromatic heterocycles. The number of nitrogens with one attached hydrogen (secondary N) is 2. The Hall–Kier alpha value is -2.89. The molecule has 0 unspecified atom stereocenters. The van der Waals surface area contributed by atoms with Gasteiger partial charge in [-0.05, 0) is 22.4 Å². The maximum atomic E-state index is 12.5. The number of anilines is 1. The van der Waals surface area contributed by atoms with Gasteiger partial charge in [0.1, 0.15) is 0 Å². The van der Waals surface area contributed by atoms with E-state index >= 15 is 0 Å². The molecule has 134 valence electrons. The third kappa shape index (κ3) is 5.31. The van der Waals surface area contributed by atoms with Crippen LogP contribution in [0.3, 0.4) is 0 Å². The number of urea groups is 1. The van der Waals surface area contributed by atoms with E-state index in [0.29, 0.717) is 23.0 Å². The lowest BCUT2D eigenvalue weighted by Gasteiger charge is -2.07. The maximum Gasteiger partial charge on any atom is 0.312 e. The molecule has 25 heavy (non-hydrogen) atoms. The van der Waals surface area contributed by atoms with E-state index in [9.17, 15) is 18.8 Å². The van der Waals surface area contributed by atoms with Crippen LogP contribution in [0.1, 0.15) is 17.7 Å². The van der Waals surface area contributed by atoms with Crippen LogP contribution in [-0.4, -0.2) is 39.7 Å². The second-order valence-electron chi connectivity index (χ2n) is 4.55. The average molecular weight is 372 g/mol. The number of primary amides is 1. The average Bonchev–Trinajstić information content (AvgIpc) is 3.05. The largest absolute Gasteiger partial charge is 0.409 e. The van der Waals surface area contributed by atoms with Crippen molar-refractivity contribution in [2.24, 2.45) is 10.9 Å². The predicted molar refractivity (Wildman–Crippen MR) is 86.0 cm³/mol. The van der Waals surface area contributed by atoms with Gasteiger partial charge in [0.2, 0.25) is 5.84 Å². The van der Waals surface area contributed by atoms with Gasteiger partial charge in [-0.3, -0.25) is 0 Å². The zero-order valence-corrected chi connectivity index (χ0v) is 13.5. The third-order valence-corrected chi connectivity index (χ3v) is 3.80. The molecule has 0 spiro atoms. The number of carbonyl (C=O) groups is 1. The molecule has 0 aliphatic heterocycles. The van der Waals surface area contributed by atoms with Gasteiger partial charge in [0.05, 0.1) is 0 Å². The summed E-state index contributed by atoms with van der Waals surface area (Å²) in [5.41, 5.74) is 5.36. The Morgan fingerprint density at radius 2 is 2.08 bits per heavy atom. The molecule has 0 saturated heterocycles. The van der Waals surface area contributed by atoms with Gasteiger partial charge in [-0.2, -0.15) is 0 Å². The summed E-state index contributed by atoms with van der Waals surface area (Å²) in [5, 5.41) is 25.1. The number of halogens is 2. The first-order valence-corrected chi connectivity index (χ1v) is 7.86. The molecule has 2 rings (SSSR count). The van der Waals surface area contributed by atoms with Gasteiger partial charge >= 0.3 is 6.03 Å². The van der Waals surface area contributed by atoms with Crippen molar-refractivity contribution in [1.82, 2.24) is 15.6 Å². The molecule has 1 aromatic carbocycles. The molecule has 5 N–H and O–H groups in total. The number of hydrogen-bond donors (Lipinski definition) is 4. The normalized spacial score (nSPS) is 11.6. The van der Waals surface area contributed by atoms with E-state index in [4.69, 9.17) is 5.73 Å². The minimum Gasteiger partial charge on any atom is -0.409 e. The summed E-state index contributed by atoms with van der Waals surface area (Å²) in [7, 11) is 0. The lowest BCUT2D eigenvalue weighted by atomic mass is 10.2. The predicted octanol–water partition coefficient (Wildman–Crippen LogP) is 2.02. The monoisotopic (exact) mass is 372 g/mol. The number of thioether (sulfide) groups is 1. The Bertz CT molecular complexity index is 738. The summed E-state index contributed by atoms with van der Waals surface area (Å²) in [4.78, 5) is 10.6. The molecule has 12 heteroatoms. The van der Waals surface area contributed by atoms with Gasteiger partial charge < -0.3 is 21.6 Å². The highest BCUT2D eigenvalue weighted by Crippen LogP contribution is 2.22. The van der Waals surface area contributed by atoms with E-state index in [2.05, 4.69) is 30.7 Å². The zero-order chi connectivity index (χ0) is 18.2. The van der Waals surface area contributed by atoms with Crippen molar-refractivity contribution >= 4 is 29.3 Å². The number of benzene rings is 1.